The predicted octanol–water partition coefficient (Wildman–Crippen LogP) is 3.33. The van der Waals surface area contributed by atoms with E-state index in [0.717, 1.165) is 0 Å². The summed E-state index contributed by atoms with van der Waals surface area (Å²) in [7, 11) is 1.49. The summed E-state index contributed by atoms with van der Waals surface area (Å²) in [6, 6.07) is 8.06. The molecule has 0 radical (unpaired) electrons. The third-order valence-corrected chi connectivity index (χ3v) is 3.77. The number of benzene rings is 1. The van der Waals surface area contributed by atoms with E-state index in [-0.39, 0.29) is 18.3 Å². The van der Waals surface area contributed by atoms with Crippen LogP contribution in [0.2, 0.25) is 0 Å². The second-order valence-corrected chi connectivity index (χ2v) is 5.42. The maximum atomic E-state index is 14.0. The first-order valence-electron chi connectivity index (χ1n) is 7.03. The number of carbonyl (C=O) groups excluding carboxylic acids is 1. The molecule has 1 amide bonds. The highest BCUT2D eigenvalue weighted by atomic mass is 19.1. The van der Waals surface area contributed by atoms with Gasteiger partial charge in [-0.15, -0.1) is 0 Å². The summed E-state index contributed by atoms with van der Waals surface area (Å²) in [6.45, 7) is 5.39. The van der Waals surface area contributed by atoms with Crippen LogP contribution >= 0.6 is 0 Å². The number of nitrogens with one attached hydrogen (secondary N) is 1. The Morgan fingerprint density at radius 3 is 2.59 bits per heavy atom. The number of aryl methyl sites for hydroxylation is 2. The number of methoxy groups -OCH3 is 1. The van der Waals surface area contributed by atoms with Crippen LogP contribution in [0, 0.1) is 19.7 Å². The van der Waals surface area contributed by atoms with Gasteiger partial charge in [0.2, 0.25) is 0 Å². The molecule has 0 aliphatic rings. The third-order valence-electron chi connectivity index (χ3n) is 3.77. The molecule has 0 unspecified atom stereocenters. The van der Waals surface area contributed by atoms with Crippen LogP contribution in [0.3, 0.4) is 0 Å². The van der Waals surface area contributed by atoms with Gasteiger partial charge in [0.15, 0.2) is 0 Å². The average Bonchev–Trinajstić information content (AvgIpc) is 2.83. The lowest BCUT2D eigenvalue weighted by atomic mass is 9.95. The number of carbonyl (C=O) groups is 1. The number of rotatable bonds is 5. The van der Waals surface area contributed by atoms with Gasteiger partial charge in [0.05, 0.1) is 12.1 Å². The average molecular weight is 305 g/mol. The van der Waals surface area contributed by atoms with E-state index in [1.807, 2.05) is 0 Å². The first-order chi connectivity index (χ1) is 10.4. The summed E-state index contributed by atoms with van der Waals surface area (Å²) in [5.74, 6) is 0.594. The zero-order chi connectivity index (χ0) is 16.3. The van der Waals surface area contributed by atoms with Crippen LogP contribution in [0.15, 0.2) is 34.7 Å². The van der Waals surface area contributed by atoms with Crippen molar-refractivity contribution in [1.82, 2.24) is 5.32 Å². The summed E-state index contributed by atoms with van der Waals surface area (Å²) < 4.78 is 24.8. The molecule has 22 heavy (non-hydrogen) atoms. The van der Waals surface area contributed by atoms with Gasteiger partial charge >= 0.3 is 0 Å². The van der Waals surface area contributed by atoms with Crippen molar-refractivity contribution in [1.29, 1.82) is 0 Å². The Labute approximate surface area is 129 Å². The number of hydrogen-bond acceptors (Lipinski definition) is 3. The van der Waals surface area contributed by atoms with Gasteiger partial charge in [0, 0.05) is 12.7 Å². The van der Waals surface area contributed by atoms with E-state index in [1.165, 1.54) is 13.2 Å². The van der Waals surface area contributed by atoms with Gasteiger partial charge in [-0.05, 0) is 32.9 Å². The van der Waals surface area contributed by atoms with E-state index < -0.39 is 5.60 Å². The molecule has 0 spiro atoms. The molecular weight excluding hydrogens is 285 g/mol. The molecule has 1 aromatic carbocycles. The highest BCUT2D eigenvalue weighted by Gasteiger charge is 2.30. The Balaban J connectivity index is 2.16. The topological polar surface area (TPSA) is 51.5 Å². The molecule has 0 bridgehead atoms. The normalized spacial score (nSPS) is 13.7. The molecule has 118 valence electrons. The van der Waals surface area contributed by atoms with Crippen LogP contribution in [-0.2, 0) is 10.3 Å². The zero-order valence-corrected chi connectivity index (χ0v) is 13.2. The van der Waals surface area contributed by atoms with E-state index in [1.54, 1.807) is 45.0 Å². The zero-order valence-electron chi connectivity index (χ0n) is 13.2. The minimum Gasteiger partial charge on any atom is -0.466 e. The number of furan rings is 1. The minimum atomic E-state index is -0.951. The van der Waals surface area contributed by atoms with E-state index in [9.17, 15) is 9.18 Å². The number of ether oxygens (including phenoxy) is 1. The number of halogens is 1. The van der Waals surface area contributed by atoms with Crippen molar-refractivity contribution < 1.29 is 18.3 Å². The summed E-state index contributed by atoms with van der Waals surface area (Å²) in [6.07, 6.45) is 0. The van der Waals surface area contributed by atoms with Crippen LogP contribution in [0.25, 0.3) is 0 Å². The van der Waals surface area contributed by atoms with E-state index >= 15 is 0 Å². The number of amides is 1. The van der Waals surface area contributed by atoms with Crippen LogP contribution in [-0.4, -0.2) is 19.6 Å². The van der Waals surface area contributed by atoms with Gasteiger partial charge in [-0.1, -0.05) is 18.2 Å². The Bertz CT molecular complexity index is 680. The number of hydrogen-bond donors (Lipinski definition) is 1. The predicted molar refractivity (Wildman–Crippen MR) is 81.3 cm³/mol. The maximum Gasteiger partial charge on any atom is 0.254 e. The Kier molecular flexibility index (Phi) is 4.66. The molecule has 0 aliphatic carbocycles. The highest BCUT2D eigenvalue weighted by Crippen LogP contribution is 2.26. The summed E-state index contributed by atoms with van der Waals surface area (Å²) in [5, 5.41) is 2.78. The smallest absolute Gasteiger partial charge is 0.254 e. The van der Waals surface area contributed by atoms with Crippen molar-refractivity contribution in [2.75, 3.05) is 13.7 Å². The molecule has 2 rings (SSSR count). The van der Waals surface area contributed by atoms with Crippen LogP contribution in [0.5, 0.6) is 0 Å². The Morgan fingerprint density at radius 2 is 2.05 bits per heavy atom. The molecule has 5 heteroatoms. The van der Waals surface area contributed by atoms with Crippen LogP contribution < -0.4 is 5.32 Å². The highest BCUT2D eigenvalue weighted by molar-refractivity contribution is 5.95. The quantitative estimate of drug-likeness (QED) is 0.922. The van der Waals surface area contributed by atoms with Gasteiger partial charge in [0.25, 0.3) is 5.91 Å². The molecule has 1 N–H and O–H groups in total. The Morgan fingerprint density at radius 1 is 1.36 bits per heavy atom. The standard InChI is InChI=1S/C17H20FNO3/c1-11-9-13(12(2)22-11)16(20)19-10-17(3,21-4)14-7-5-6-8-15(14)18/h5-9H,10H2,1-4H3,(H,19,20)/t17-/m0/s1. The summed E-state index contributed by atoms with van der Waals surface area (Å²) >= 11 is 0. The lowest BCUT2D eigenvalue weighted by Crippen LogP contribution is -2.40. The molecule has 4 nitrogen and oxygen atoms in total. The monoisotopic (exact) mass is 305 g/mol. The van der Waals surface area contributed by atoms with E-state index in [4.69, 9.17) is 9.15 Å². The first kappa shape index (κ1) is 16.2. The molecule has 0 saturated carbocycles. The van der Waals surface area contributed by atoms with Gasteiger partial charge in [0.1, 0.15) is 22.9 Å². The third kappa shape index (κ3) is 3.20. The molecule has 1 aromatic heterocycles. The Hall–Kier alpha value is -2.14. The van der Waals surface area contributed by atoms with Crippen molar-refractivity contribution >= 4 is 5.91 Å². The first-order valence-corrected chi connectivity index (χ1v) is 7.03. The fourth-order valence-corrected chi connectivity index (χ4v) is 2.37. The molecule has 0 saturated heterocycles. The van der Waals surface area contributed by atoms with E-state index in [2.05, 4.69) is 5.32 Å². The summed E-state index contributed by atoms with van der Waals surface area (Å²) in [4.78, 5) is 12.2. The van der Waals surface area contributed by atoms with Crippen molar-refractivity contribution in [2.45, 2.75) is 26.4 Å². The lowest BCUT2D eigenvalue weighted by molar-refractivity contribution is 0.000374. The van der Waals surface area contributed by atoms with Gasteiger partial charge in [-0.3, -0.25) is 4.79 Å². The van der Waals surface area contributed by atoms with E-state index in [0.29, 0.717) is 22.6 Å². The second-order valence-electron chi connectivity index (χ2n) is 5.42. The van der Waals surface area contributed by atoms with Crippen molar-refractivity contribution in [3.8, 4) is 0 Å². The second kappa shape index (κ2) is 6.32. The largest absolute Gasteiger partial charge is 0.466 e. The summed E-state index contributed by atoms with van der Waals surface area (Å²) in [5.41, 5.74) is -0.0735. The lowest BCUT2D eigenvalue weighted by Gasteiger charge is -2.29. The van der Waals surface area contributed by atoms with Crippen molar-refractivity contribution in [2.24, 2.45) is 0 Å². The molecule has 1 heterocycles. The SMILES string of the molecule is CO[C@@](C)(CNC(=O)c1cc(C)oc1C)c1ccccc1F. The maximum absolute atomic E-state index is 14.0. The molecule has 0 aliphatic heterocycles. The molecular formula is C17H20FNO3. The van der Waals surface area contributed by atoms with Gasteiger partial charge in [-0.2, -0.15) is 0 Å². The van der Waals surface area contributed by atoms with Crippen LogP contribution in [0.1, 0.15) is 34.4 Å². The van der Waals surface area contributed by atoms with Gasteiger partial charge in [-0.25, -0.2) is 4.39 Å². The van der Waals surface area contributed by atoms with Gasteiger partial charge < -0.3 is 14.5 Å². The molecule has 2 aromatic rings. The van der Waals surface area contributed by atoms with Crippen LogP contribution in [0.4, 0.5) is 4.39 Å². The molecule has 0 fully saturated rings. The minimum absolute atomic E-state index is 0.146. The van der Waals surface area contributed by atoms with Crippen molar-refractivity contribution in [3.63, 3.8) is 0 Å². The van der Waals surface area contributed by atoms with Crippen molar-refractivity contribution in [3.05, 3.63) is 58.8 Å². The fraction of sp³-hybridized carbons (Fsp3) is 0.353. The fourth-order valence-electron chi connectivity index (χ4n) is 2.37. The molecule has 1 atom stereocenters.